The molecule has 1 fully saturated rings. The zero-order valence-electron chi connectivity index (χ0n) is 10.1. The molecule has 1 nitrogen and oxygen atoms in total. The van der Waals surface area contributed by atoms with Gasteiger partial charge in [-0.25, -0.2) is 0 Å². The summed E-state index contributed by atoms with van der Waals surface area (Å²) in [6.45, 7) is 5.61. The van der Waals surface area contributed by atoms with Crippen molar-refractivity contribution in [2.24, 2.45) is 17.3 Å². The number of rotatable bonds is 1. The Kier molecular flexibility index (Phi) is 3.93. The minimum absolute atomic E-state index is 0.0853. The average molecular weight is 238 g/mol. The second kappa shape index (κ2) is 4.55. The summed E-state index contributed by atoms with van der Waals surface area (Å²) < 4.78 is 37.8. The van der Waals surface area contributed by atoms with Crippen LogP contribution in [0.4, 0.5) is 13.2 Å². The van der Waals surface area contributed by atoms with Gasteiger partial charge in [-0.2, -0.15) is 13.2 Å². The van der Waals surface area contributed by atoms with Crippen LogP contribution in [0, 0.1) is 17.3 Å². The van der Waals surface area contributed by atoms with Crippen LogP contribution in [0.25, 0.3) is 0 Å². The second-order valence-corrected chi connectivity index (χ2v) is 5.98. The van der Waals surface area contributed by atoms with Gasteiger partial charge in [-0.05, 0) is 30.6 Å². The third-order valence-electron chi connectivity index (χ3n) is 3.51. The minimum Gasteiger partial charge on any atom is -0.392 e. The number of alkyl halides is 3. The van der Waals surface area contributed by atoms with Gasteiger partial charge < -0.3 is 5.11 Å². The monoisotopic (exact) mass is 238 g/mol. The predicted molar refractivity (Wildman–Crippen MR) is 57.0 cm³/mol. The van der Waals surface area contributed by atoms with Gasteiger partial charge in [-0.15, -0.1) is 0 Å². The van der Waals surface area contributed by atoms with Gasteiger partial charge in [-0.3, -0.25) is 0 Å². The molecule has 0 aliphatic heterocycles. The van der Waals surface area contributed by atoms with Crippen LogP contribution in [0.1, 0.15) is 46.5 Å². The Morgan fingerprint density at radius 1 is 1.12 bits per heavy atom. The van der Waals surface area contributed by atoms with Gasteiger partial charge in [0.25, 0.3) is 0 Å². The highest BCUT2D eigenvalue weighted by Gasteiger charge is 2.44. The molecule has 3 atom stereocenters. The molecule has 0 aromatic heterocycles. The van der Waals surface area contributed by atoms with E-state index in [2.05, 4.69) is 0 Å². The molecule has 16 heavy (non-hydrogen) atoms. The Morgan fingerprint density at radius 3 is 2.12 bits per heavy atom. The van der Waals surface area contributed by atoms with Crippen molar-refractivity contribution in [3.05, 3.63) is 0 Å². The van der Waals surface area contributed by atoms with E-state index in [-0.39, 0.29) is 24.2 Å². The lowest BCUT2D eigenvalue weighted by atomic mass is 9.71. The number of aliphatic hydroxyl groups is 1. The molecule has 1 aliphatic carbocycles. The van der Waals surface area contributed by atoms with Crippen molar-refractivity contribution in [1.29, 1.82) is 0 Å². The van der Waals surface area contributed by atoms with Crippen LogP contribution in [0.3, 0.4) is 0 Å². The van der Waals surface area contributed by atoms with Crippen molar-refractivity contribution in [2.45, 2.75) is 58.7 Å². The molecule has 3 unspecified atom stereocenters. The first-order chi connectivity index (χ1) is 7.12. The molecule has 0 saturated heterocycles. The highest BCUT2D eigenvalue weighted by Crippen LogP contribution is 2.43. The molecule has 1 saturated carbocycles. The normalized spacial score (nSPS) is 30.2. The summed E-state index contributed by atoms with van der Waals surface area (Å²) in [6, 6.07) is 0. The first-order valence-electron chi connectivity index (χ1n) is 5.87. The summed E-state index contributed by atoms with van der Waals surface area (Å²) in [6.07, 6.45) is -3.15. The second-order valence-electron chi connectivity index (χ2n) is 5.98. The van der Waals surface area contributed by atoms with Crippen LogP contribution in [-0.4, -0.2) is 17.4 Å². The first-order valence-corrected chi connectivity index (χ1v) is 5.87. The van der Waals surface area contributed by atoms with E-state index in [0.29, 0.717) is 12.8 Å². The molecule has 1 aliphatic rings. The molecule has 0 amide bonds. The largest absolute Gasteiger partial charge is 0.392 e. The van der Waals surface area contributed by atoms with Crippen molar-refractivity contribution in [2.75, 3.05) is 0 Å². The van der Waals surface area contributed by atoms with Crippen molar-refractivity contribution >= 4 is 0 Å². The van der Waals surface area contributed by atoms with Crippen LogP contribution in [-0.2, 0) is 0 Å². The van der Waals surface area contributed by atoms with Gasteiger partial charge in [0.1, 0.15) is 0 Å². The molecule has 1 N–H and O–H groups in total. The van der Waals surface area contributed by atoms with E-state index in [4.69, 9.17) is 0 Å². The van der Waals surface area contributed by atoms with Gasteiger partial charge in [0.15, 0.2) is 0 Å². The van der Waals surface area contributed by atoms with Gasteiger partial charge in [0.05, 0.1) is 12.0 Å². The zero-order valence-corrected chi connectivity index (χ0v) is 10.1. The average Bonchev–Trinajstić information content (AvgIpc) is 2.14. The third kappa shape index (κ3) is 3.37. The molecule has 1 rings (SSSR count). The van der Waals surface area contributed by atoms with E-state index in [1.165, 1.54) is 0 Å². The molecule has 0 radical (unpaired) electrons. The molecule has 4 heteroatoms. The first kappa shape index (κ1) is 13.8. The van der Waals surface area contributed by atoms with E-state index in [9.17, 15) is 18.3 Å². The molecular weight excluding hydrogens is 217 g/mol. The van der Waals surface area contributed by atoms with Gasteiger partial charge in [0, 0.05) is 0 Å². The highest BCUT2D eigenvalue weighted by molar-refractivity contribution is 4.86. The van der Waals surface area contributed by atoms with Crippen molar-refractivity contribution in [3.63, 3.8) is 0 Å². The maximum Gasteiger partial charge on any atom is 0.391 e. The van der Waals surface area contributed by atoms with Crippen molar-refractivity contribution in [3.8, 4) is 0 Å². The Labute approximate surface area is 95.0 Å². The van der Waals surface area contributed by atoms with E-state index < -0.39 is 18.2 Å². The fraction of sp³-hybridized carbons (Fsp3) is 1.00. The molecule has 0 bridgehead atoms. The van der Waals surface area contributed by atoms with Crippen LogP contribution in [0.15, 0.2) is 0 Å². The Bertz CT molecular complexity index is 217. The van der Waals surface area contributed by atoms with Gasteiger partial charge >= 0.3 is 6.18 Å². The zero-order chi connectivity index (χ0) is 12.6. The molecular formula is C12H21F3O. The van der Waals surface area contributed by atoms with Crippen LogP contribution >= 0.6 is 0 Å². The molecule has 0 spiro atoms. The quantitative estimate of drug-likeness (QED) is 0.737. The summed E-state index contributed by atoms with van der Waals surface area (Å²) >= 11 is 0. The SMILES string of the molecule is CC(C)(C)C(O)C1CCCC(C(F)(F)F)C1. The summed E-state index contributed by atoms with van der Waals surface area (Å²) in [7, 11) is 0. The predicted octanol–water partition coefficient (Wildman–Crippen LogP) is 3.76. The summed E-state index contributed by atoms with van der Waals surface area (Å²) in [4.78, 5) is 0. The van der Waals surface area contributed by atoms with Crippen molar-refractivity contribution < 1.29 is 18.3 Å². The molecule has 0 heterocycles. The Hall–Kier alpha value is -0.250. The van der Waals surface area contributed by atoms with Crippen LogP contribution in [0.5, 0.6) is 0 Å². The Morgan fingerprint density at radius 2 is 1.69 bits per heavy atom. The smallest absolute Gasteiger partial charge is 0.391 e. The third-order valence-corrected chi connectivity index (χ3v) is 3.51. The summed E-state index contributed by atoms with van der Waals surface area (Å²) in [5, 5.41) is 10.0. The lowest BCUT2D eigenvalue weighted by Crippen LogP contribution is -2.39. The lowest BCUT2D eigenvalue weighted by Gasteiger charge is -2.38. The van der Waals surface area contributed by atoms with E-state index in [1.54, 1.807) is 0 Å². The van der Waals surface area contributed by atoms with Gasteiger partial charge in [-0.1, -0.05) is 27.2 Å². The molecule has 0 aromatic rings. The number of aliphatic hydroxyl groups excluding tert-OH is 1. The molecule has 0 aromatic carbocycles. The standard InChI is InChI=1S/C12H21F3O/c1-11(2,3)10(16)8-5-4-6-9(7-8)12(13,14)15/h8-10,16H,4-7H2,1-3H3. The number of halogens is 3. The van der Waals surface area contributed by atoms with E-state index in [0.717, 1.165) is 0 Å². The minimum atomic E-state index is -4.10. The maximum absolute atomic E-state index is 12.6. The lowest BCUT2D eigenvalue weighted by molar-refractivity contribution is -0.191. The van der Waals surface area contributed by atoms with Crippen LogP contribution in [0.2, 0.25) is 0 Å². The van der Waals surface area contributed by atoms with E-state index >= 15 is 0 Å². The van der Waals surface area contributed by atoms with Gasteiger partial charge in [0.2, 0.25) is 0 Å². The fourth-order valence-electron chi connectivity index (χ4n) is 2.52. The summed E-state index contributed by atoms with van der Waals surface area (Å²) in [5.74, 6) is -1.43. The fourth-order valence-corrected chi connectivity index (χ4v) is 2.52. The summed E-state index contributed by atoms with van der Waals surface area (Å²) in [5.41, 5.74) is -0.335. The van der Waals surface area contributed by atoms with Crippen LogP contribution < -0.4 is 0 Å². The number of hydrogen-bond donors (Lipinski definition) is 1. The molecule has 96 valence electrons. The number of hydrogen-bond acceptors (Lipinski definition) is 1. The Balaban J connectivity index is 2.64. The van der Waals surface area contributed by atoms with Crippen molar-refractivity contribution in [1.82, 2.24) is 0 Å². The highest BCUT2D eigenvalue weighted by atomic mass is 19.4. The topological polar surface area (TPSA) is 20.2 Å². The maximum atomic E-state index is 12.6. The van der Waals surface area contributed by atoms with E-state index in [1.807, 2.05) is 20.8 Å².